The van der Waals surface area contributed by atoms with Crippen molar-refractivity contribution in [2.75, 3.05) is 6.54 Å². The number of nitrogens with zero attached hydrogens (tertiary/aromatic N) is 1. The average Bonchev–Trinajstić information content (AvgIpc) is 3.37. The van der Waals surface area contributed by atoms with Crippen LogP contribution in [-0.2, 0) is 40.3 Å². The Morgan fingerprint density at radius 2 is 1.78 bits per heavy atom. The summed E-state index contributed by atoms with van der Waals surface area (Å²) in [7, 11) is 0. The Hall–Kier alpha value is -4.24. The lowest BCUT2D eigenvalue weighted by molar-refractivity contribution is -0.140. The van der Waals surface area contributed by atoms with Crippen molar-refractivity contribution in [3.05, 3.63) is 106 Å². The first-order valence-electron chi connectivity index (χ1n) is 13.3. The van der Waals surface area contributed by atoms with Crippen LogP contribution in [0.5, 0.6) is 0 Å². The van der Waals surface area contributed by atoms with Crippen LogP contribution in [0.15, 0.2) is 66.9 Å². The number of rotatable bonds is 8. The molecule has 0 fully saturated rings. The van der Waals surface area contributed by atoms with Gasteiger partial charge in [-0.25, -0.2) is 8.78 Å². The highest BCUT2D eigenvalue weighted by atomic mass is 35.5. The van der Waals surface area contributed by atoms with Gasteiger partial charge < -0.3 is 20.5 Å². The lowest BCUT2D eigenvalue weighted by atomic mass is 9.97. The number of para-hydroxylation sites is 1. The molecule has 2 heterocycles. The van der Waals surface area contributed by atoms with Crippen LogP contribution in [0, 0.1) is 17.6 Å². The minimum atomic E-state index is -1.16. The molecule has 3 N–H and O–H groups in total. The monoisotopic (exact) mass is 578 g/mol. The Morgan fingerprint density at radius 1 is 1.02 bits per heavy atom. The number of H-pyrrole nitrogens is 1. The van der Waals surface area contributed by atoms with Crippen molar-refractivity contribution in [1.82, 2.24) is 20.5 Å². The second-order valence-electron chi connectivity index (χ2n) is 10.2. The Balaban J connectivity index is 1.32. The molecule has 0 aliphatic carbocycles. The SMILES string of the molecule is CC(C(=O)NCc1cc(F)cc(F)c1)C(=O)NC(Cc1c[nH]c2ccccc12)C(=O)N1CCc2c(Cl)cccc2C1. The Morgan fingerprint density at radius 3 is 2.56 bits per heavy atom. The van der Waals surface area contributed by atoms with E-state index in [1.165, 1.54) is 6.92 Å². The van der Waals surface area contributed by atoms with Crippen LogP contribution in [0.2, 0.25) is 5.02 Å². The number of hydrogen-bond donors (Lipinski definition) is 3. The standard InChI is InChI=1S/C31H29ClF2N4O3/c1-18(29(39)36-15-19-11-22(33)14-23(34)12-19)30(40)37-28(13-21-16-35-27-8-3-2-6-25(21)27)31(41)38-10-9-24-20(17-38)5-4-7-26(24)32/h2-8,11-12,14,16,18,28,35H,9-10,13,15,17H2,1H3,(H,36,39)(H,37,40). The Labute approximate surface area is 240 Å². The van der Waals surface area contributed by atoms with E-state index < -0.39 is 35.4 Å². The minimum absolute atomic E-state index is 0.154. The molecule has 3 aromatic carbocycles. The number of carbonyl (C=O) groups excluding carboxylic acids is 3. The summed E-state index contributed by atoms with van der Waals surface area (Å²) in [6.45, 7) is 2.06. The molecule has 0 bridgehead atoms. The highest BCUT2D eigenvalue weighted by Gasteiger charge is 2.32. The second-order valence-corrected chi connectivity index (χ2v) is 10.6. The largest absolute Gasteiger partial charge is 0.361 e. The van der Waals surface area contributed by atoms with E-state index in [0.29, 0.717) is 24.5 Å². The zero-order valence-corrected chi connectivity index (χ0v) is 23.1. The molecule has 2 unspecified atom stereocenters. The number of halogens is 3. The molecule has 0 spiro atoms. The predicted molar refractivity (Wildman–Crippen MR) is 152 cm³/mol. The van der Waals surface area contributed by atoms with Crippen molar-refractivity contribution >= 4 is 40.2 Å². The van der Waals surface area contributed by atoms with Crippen molar-refractivity contribution in [3.8, 4) is 0 Å². The smallest absolute Gasteiger partial charge is 0.245 e. The Kier molecular flexibility index (Phi) is 8.35. The van der Waals surface area contributed by atoms with E-state index in [1.54, 1.807) is 4.90 Å². The van der Waals surface area contributed by atoms with Gasteiger partial charge in [0.15, 0.2) is 0 Å². The van der Waals surface area contributed by atoms with Crippen LogP contribution in [-0.4, -0.2) is 40.2 Å². The molecular weight excluding hydrogens is 550 g/mol. The van der Waals surface area contributed by atoms with E-state index in [0.717, 1.165) is 45.8 Å². The summed E-state index contributed by atoms with van der Waals surface area (Å²) in [6, 6.07) is 15.3. The van der Waals surface area contributed by atoms with E-state index >= 15 is 0 Å². The summed E-state index contributed by atoms with van der Waals surface area (Å²) in [5, 5.41) is 6.94. The molecule has 2 atom stereocenters. The molecule has 7 nitrogen and oxygen atoms in total. The van der Waals surface area contributed by atoms with E-state index in [9.17, 15) is 23.2 Å². The summed E-state index contributed by atoms with van der Waals surface area (Å²) >= 11 is 6.36. The molecule has 212 valence electrons. The highest BCUT2D eigenvalue weighted by Crippen LogP contribution is 2.27. The quantitative estimate of drug-likeness (QED) is 0.265. The number of aromatic amines is 1. The van der Waals surface area contributed by atoms with Crippen LogP contribution in [0.3, 0.4) is 0 Å². The molecule has 0 saturated heterocycles. The predicted octanol–water partition coefficient (Wildman–Crippen LogP) is 4.66. The first-order valence-corrected chi connectivity index (χ1v) is 13.7. The summed E-state index contributed by atoms with van der Waals surface area (Å²) in [6.07, 6.45) is 2.62. The third kappa shape index (κ3) is 6.41. The fraction of sp³-hybridized carbons (Fsp3) is 0.258. The molecular formula is C31H29ClF2N4O3. The van der Waals surface area contributed by atoms with E-state index in [4.69, 9.17) is 11.6 Å². The molecule has 3 amide bonds. The third-order valence-corrected chi connectivity index (χ3v) is 7.76. The zero-order chi connectivity index (χ0) is 29.1. The van der Waals surface area contributed by atoms with E-state index in [-0.39, 0.29) is 24.4 Å². The van der Waals surface area contributed by atoms with Gasteiger partial charge in [-0.3, -0.25) is 14.4 Å². The van der Waals surface area contributed by atoms with Gasteiger partial charge in [0.1, 0.15) is 23.6 Å². The van der Waals surface area contributed by atoms with Crippen molar-refractivity contribution in [3.63, 3.8) is 0 Å². The van der Waals surface area contributed by atoms with Crippen molar-refractivity contribution in [2.24, 2.45) is 5.92 Å². The minimum Gasteiger partial charge on any atom is -0.361 e. The number of fused-ring (bicyclic) bond motifs is 2. The van der Waals surface area contributed by atoms with Gasteiger partial charge in [-0.2, -0.15) is 0 Å². The van der Waals surface area contributed by atoms with Crippen LogP contribution in [0.1, 0.15) is 29.2 Å². The molecule has 41 heavy (non-hydrogen) atoms. The highest BCUT2D eigenvalue weighted by molar-refractivity contribution is 6.31. The summed E-state index contributed by atoms with van der Waals surface area (Å²) < 4.78 is 27.0. The van der Waals surface area contributed by atoms with Crippen LogP contribution >= 0.6 is 11.6 Å². The lowest BCUT2D eigenvalue weighted by Crippen LogP contribution is -2.53. The third-order valence-electron chi connectivity index (χ3n) is 7.41. The summed E-state index contributed by atoms with van der Waals surface area (Å²) in [4.78, 5) is 44.8. The van der Waals surface area contributed by atoms with E-state index in [1.807, 2.05) is 48.7 Å². The second kappa shape index (κ2) is 12.1. The van der Waals surface area contributed by atoms with Crippen molar-refractivity contribution < 1.29 is 23.2 Å². The van der Waals surface area contributed by atoms with Gasteiger partial charge in [0.05, 0.1) is 0 Å². The number of benzene rings is 3. The van der Waals surface area contributed by atoms with Gasteiger partial charge >= 0.3 is 0 Å². The molecule has 1 aliphatic heterocycles. The molecule has 1 aliphatic rings. The maximum Gasteiger partial charge on any atom is 0.245 e. The van der Waals surface area contributed by atoms with Crippen LogP contribution in [0.25, 0.3) is 10.9 Å². The average molecular weight is 579 g/mol. The number of aromatic nitrogens is 1. The van der Waals surface area contributed by atoms with E-state index in [2.05, 4.69) is 15.6 Å². The normalized spacial score (nSPS) is 14.3. The number of amides is 3. The van der Waals surface area contributed by atoms with Crippen LogP contribution < -0.4 is 10.6 Å². The first kappa shape index (κ1) is 28.3. The van der Waals surface area contributed by atoms with Gasteiger partial charge in [-0.15, -0.1) is 0 Å². The lowest BCUT2D eigenvalue weighted by Gasteiger charge is -2.33. The van der Waals surface area contributed by atoms with Gasteiger partial charge in [0.25, 0.3) is 0 Å². The number of carbonyl (C=O) groups is 3. The molecule has 10 heteroatoms. The molecule has 4 aromatic rings. The maximum atomic E-state index is 13.9. The first-order chi connectivity index (χ1) is 19.7. The maximum absolute atomic E-state index is 13.9. The summed E-state index contributed by atoms with van der Waals surface area (Å²) in [5.41, 5.74) is 3.95. The van der Waals surface area contributed by atoms with Gasteiger partial charge in [-0.05, 0) is 59.9 Å². The topological polar surface area (TPSA) is 94.3 Å². The molecule has 1 aromatic heterocycles. The van der Waals surface area contributed by atoms with Gasteiger partial charge in [-0.1, -0.05) is 41.9 Å². The number of nitrogens with one attached hydrogen (secondary N) is 3. The van der Waals surface area contributed by atoms with Crippen molar-refractivity contribution in [1.29, 1.82) is 0 Å². The molecule has 0 saturated carbocycles. The molecule has 0 radical (unpaired) electrons. The number of hydrogen-bond acceptors (Lipinski definition) is 3. The van der Waals surface area contributed by atoms with Gasteiger partial charge in [0, 0.05) is 54.2 Å². The van der Waals surface area contributed by atoms with Crippen LogP contribution in [0.4, 0.5) is 8.78 Å². The Bertz CT molecular complexity index is 1600. The summed E-state index contributed by atoms with van der Waals surface area (Å²) in [5.74, 6) is -4.22. The van der Waals surface area contributed by atoms with Crippen molar-refractivity contribution in [2.45, 2.75) is 38.9 Å². The zero-order valence-electron chi connectivity index (χ0n) is 22.3. The fourth-order valence-corrected chi connectivity index (χ4v) is 5.45. The molecule has 5 rings (SSSR count). The van der Waals surface area contributed by atoms with Gasteiger partial charge in [0.2, 0.25) is 17.7 Å². The fourth-order valence-electron chi connectivity index (χ4n) is 5.16.